The van der Waals surface area contributed by atoms with Crippen molar-refractivity contribution in [2.24, 2.45) is 0 Å². The maximum atomic E-state index is 8.74. The summed E-state index contributed by atoms with van der Waals surface area (Å²) in [4.78, 5) is 4.45. The molecule has 2 rings (SSSR count). The molecular formula is C13H15NO2S. The lowest BCUT2D eigenvalue weighted by Crippen LogP contribution is -1.96. The highest BCUT2D eigenvalue weighted by molar-refractivity contribution is 7.09. The quantitative estimate of drug-likeness (QED) is 0.855. The Balaban J connectivity index is 1.85. The van der Waals surface area contributed by atoms with E-state index in [1.165, 1.54) is 0 Å². The predicted octanol–water partition coefficient (Wildman–Crippen LogP) is 2.65. The van der Waals surface area contributed by atoms with E-state index in [1.54, 1.807) is 11.3 Å². The van der Waals surface area contributed by atoms with Crippen LogP contribution in [0.1, 0.15) is 17.1 Å². The highest BCUT2D eigenvalue weighted by atomic mass is 32.1. The van der Waals surface area contributed by atoms with Crippen LogP contribution in [0.4, 0.5) is 0 Å². The van der Waals surface area contributed by atoms with Crippen molar-refractivity contribution in [3.63, 3.8) is 0 Å². The van der Waals surface area contributed by atoms with Gasteiger partial charge in [0.15, 0.2) is 0 Å². The summed E-state index contributed by atoms with van der Waals surface area (Å²) < 4.78 is 5.61. The fraction of sp³-hybridized carbons (Fsp3) is 0.308. The highest BCUT2D eigenvalue weighted by Gasteiger charge is 2.02. The Hall–Kier alpha value is -1.39. The summed E-state index contributed by atoms with van der Waals surface area (Å²) in [6, 6.07) is 9.72. The van der Waals surface area contributed by atoms with Gasteiger partial charge in [-0.1, -0.05) is 18.2 Å². The Morgan fingerprint density at radius 3 is 2.82 bits per heavy atom. The number of nitrogens with zero attached hydrogens (tertiary/aromatic N) is 1. The van der Waals surface area contributed by atoms with Gasteiger partial charge in [0.25, 0.3) is 0 Å². The van der Waals surface area contributed by atoms with Gasteiger partial charge in [0, 0.05) is 12.0 Å². The van der Waals surface area contributed by atoms with Crippen molar-refractivity contribution in [3.05, 3.63) is 46.4 Å². The summed E-state index contributed by atoms with van der Waals surface area (Å²) in [7, 11) is 0. The number of para-hydroxylation sites is 1. The van der Waals surface area contributed by atoms with Crippen LogP contribution in [-0.4, -0.2) is 16.7 Å². The monoisotopic (exact) mass is 249 g/mol. The SMILES string of the molecule is OCCCc1csc(COc2ccccc2)n1. The van der Waals surface area contributed by atoms with Crippen molar-refractivity contribution in [2.75, 3.05) is 6.61 Å². The fourth-order valence-electron chi connectivity index (χ4n) is 1.45. The molecule has 0 radical (unpaired) electrons. The van der Waals surface area contributed by atoms with Crippen LogP contribution in [0.25, 0.3) is 0 Å². The van der Waals surface area contributed by atoms with Crippen LogP contribution in [-0.2, 0) is 13.0 Å². The van der Waals surface area contributed by atoms with Crippen molar-refractivity contribution >= 4 is 11.3 Å². The van der Waals surface area contributed by atoms with Crippen molar-refractivity contribution in [2.45, 2.75) is 19.4 Å². The number of ether oxygens (including phenoxy) is 1. The Labute approximate surface area is 105 Å². The first kappa shape index (κ1) is 12.1. The lowest BCUT2D eigenvalue weighted by atomic mass is 10.3. The minimum atomic E-state index is 0.216. The van der Waals surface area contributed by atoms with Crippen LogP contribution in [0.5, 0.6) is 5.75 Å². The molecule has 0 aliphatic carbocycles. The number of hydrogen-bond donors (Lipinski definition) is 1. The Morgan fingerprint density at radius 1 is 1.24 bits per heavy atom. The molecule has 90 valence electrons. The standard InChI is InChI=1S/C13H15NO2S/c15-8-4-5-11-10-17-13(14-11)9-16-12-6-2-1-3-7-12/h1-3,6-7,10,15H,4-5,8-9H2. The van der Waals surface area contributed by atoms with Crippen LogP contribution >= 0.6 is 11.3 Å². The van der Waals surface area contributed by atoms with Crippen LogP contribution < -0.4 is 4.74 Å². The third-order valence-corrected chi connectivity index (χ3v) is 3.17. The van der Waals surface area contributed by atoms with E-state index in [0.717, 1.165) is 29.3 Å². The average molecular weight is 249 g/mol. The number of aromatic nitrogens is 1. The molecule has 0 bridgehead atoms. The average Bonchev–Trinajstić information content (AvgIpc) is 2.83. The van der Waals surface area contributed by atoms with Crippen molar-refractivity contribution in [3.8, 4) is 5.75 Å². The summed E-state index contributed by atoms with van der Waals surface area (Å²) in [5.74, 6) is 0.861. The van der Waals surface area contributed by atoms with E-state index in [4.69, 9.17) is 9.84 Å². The molecule has 0 atom stereocenters. The Kier molecular flexibility index (Phi) is 4.53. The van der Waals surface area contributed by atoms with Crippen molar-refractivity contribution in [1.29, 1.82) is 0 Å². The van der Waals surface area contributed by atoms with Crippen molar-refractivity contribution < 1.29 is 9.84 Å². The van der Waals surface area contributed by atoms with Gasteiger partial charge in [-0.25, -0.2) is 4.98 Å². The van der Waals surface area contributed by atoms with Crippen LogP contribution in [0, 0.1) is 0 Å². The molecule has 0 saturated heterocycles. The second-order valence-corrected chi connectivity index (χ2v) is 4.60. The largest absolute Gasteiger partial charge is 0.486 e. The van der Waals surface area contributed by atoms with E-state index in [9.17, 15) is 0 Å². The molecule has 0 spiro atoms. The maximum Gasteiger partial charge on any atom is 0.140 e. The maximum absolute atomic E-state index is 8.74. The van der Waals surface area contributed by atoms with Gasteiger partial charge in [-0.05, 0) is 25.0 Å². The molecule has 0 aliphatic rings. The summed E-state index contributed by atoms with van der Waals surface area (Å²) in [6.07, 6.45) is 1.60. The second-order valence-electron chi connectivity index (χ2n) is 3.66. The van der Waals surface area contributed by atoms with Gasteiger partial charge in [-0.3, -0.25) is 0 Å². The fourth-order valence-corrected chi connectivity index (χ4v) is 2.19. The minimum Gasteiger partial charge on any atom is -0.486 e. The van der Waals surface area contributed by atoms with E-state index < -0.39 is 0 Å². The molecular weight excluding hydrogens is 234 g/mol. The molecule has 3 nitrogen and oxygen atoms in total. The van der Waals surface area contributed by atoms with E-state index >= 15 is 0 Å². The number of aliphatic hydroxyl groups excluding tert-OH is 1. The van der Waals surface area contributed by atoms with E-state index in [0.29, 0.717) is 6.61 Å². The van der Waals surface area contributed by atoms with Gasteiger partial charge in [0.2, 0.25) is 0 Å². The molecule has 0 aliphatic heterocycles. The number of hydrogen-bond acceptors (Lipinski definition) is 4. The van der Waals surface area contributed by atoms with Gasteiger partial charge in [0.05, 0.1) is 5.69 Å². The first-order chi connectivity index (χ1) is 8.38. The number of aryl methyl sites for hydroxylation is 1. The number of thiazole rings is 1. The first-order valence-electron chi connectivity index (χ1n) is 5.60. The summed E-state index contributed by atoms with van der Waals surface area (Å²) in [5.41, 5.74) is 1.04. The number of aliphatic hydroxyl groups is 1. The van der Waals surface area contributed by atoms with E-state index in [1.807, 2.05) is 35.7 Å². The summed E-state index contributed by atoms with van der Waals surface area (Å²) >= 11 is 1.60. The zero-order valence-electron chi connectivity index (χ0n) is 9.50. The van der Waals surface area contributed by atoms with Crippen LogP contribution in [0.2, 0.25) is 0 Å². The van der Waals surface area contributed by atoms with Gasteiger partial charge >= 0.3 is 0 Å². The molecule has 17 heavy (non-hydrogen) atoms. The molecule has 0 unspecified atom stereocenters. The van der Waals surface area contributed by atoms with Crippen molar-refractivity contribution in [1.82, 2.24) is 4.98 Å². The molecule has 4 heteroatoms. The first-order valence-corrected chi connectivity index (χ1v) is 6.48. The molecule has 1 aromatic heterocycles. The third-order valence-electron chi connectivity index (χ3n) is 2.30. The normalized spacial score (nSPS) is 10.4. The Morgan fingerprint density at radius 2 is 2.06 bits per heavy atom. The summed E-state index contributed by atoms with van der Waals surface area (Å²) in [5, 5.41) is 11.7. The highest BCUT2D eigenvalue weighted by Crippen LogP contribution is 2.15. The second kappa shape index (κ2) is 6.37. The molecule has 1 heterocycles. The van der Waals surface area contributed by atoms with Crippen LogP contribution in [0.3, 0.4) is 0 Å². The molecule has 2 aromatic rings. The zero-order valence-corrected chi connectivity index (χ0v) is 10.3. The smallest absolute Gasteiger partial charge is 0.140 e. The summed E-state index contributed by atoms with van der Waals surface area (Å²) in [6.45, 7) is 0.723. The van der Waals surface area contributed by atoms with Crippen LogP contribution in [0.15, 0.2) is 35.7 Å². The third kappa shape index (κ3) is 3.84. The molecule has 0 saturated carbocycles. The molecule has 0 amide bonds. The lowest BCUT2D eigenvalue weighted by molar-refractivity contribution is 0.287. The lowest BCUT2D eigenvalue weighted by Gasteiger charge is -2.02. The number of rotatable bonds is 6. The van der Waals surface area contributed by atoms with Gasteiger partial charge in [0.1, 0.15) is 17.4 Å². The molecule has 0 fully saturated rings. The van der Waals surface area contributed by atoms with Gasteiger partial charge in [-0.15, -0.1) is 11.3 Å². The number of benzene rings is 1. The van der Waals surface area contributed by atoms with Gasteiger partial charge < -0.3 is 9.84 Å². The molecule has 1 N–H and O–H groups in total. The topological polar surface area (TPSA) is 42.4 Å². The van der Waals surface area contributed by atoms with E-state index in [2.05, 4.69) is 4.98 Å². The van der Waals surface area contributed by atoms with E-state index in [-0.39, 0.29) is 6.61 Å². The van der Waals surface area contributed by atoms with Gasteiger partial charge in [-0.2, -0.15) is 0 Å². The zero-order chi connectivity index (χ0) is 11.9. The Bertz CT molecular complexity index is 442. The molecule has 1 aromatic carbocycles. The minimum absolute atomic E-state index is 0.216. The predicted molar refractivity (Wildman–Crippen MR) is 68.3 cm³/mol.